The highest BCUT2D eigenvalue weighted by Gasteiger charge is 2.07. The van der Waals surface area contributed by atoms with E-state index in [1.54, 1.807) is 13.3 Å². The van der Waals surface area contributed by atoms with E-state index in [-0.39, 0.29) is 6.04 Å². The van der Waals surface area contributed by atoms with Gasteiger partial charge in [-0.15, -0.1) is 0 Å². The Kier molecular flexibility index (Phi) is 2.77. The second kappa shape index (κ2) is 4.22. The van der Waals surface area contributed by atoms with Gasteiger partial charge < -0.3 is 10.1 Å². The Balaban J connectivity index is 2.23. The van der Waals surface area contributed by atoms with E-state index in [2.05, 4.69) is 25.5 Å². The zero-order valence-electron chi connectivity index (χ0n) is 8.69. The van der Waals surface area contributed by atoms with Gasteiger partial charge in [0.2, 0.25) is 0 Å². The summed E-state index contributed by atoms with van der Waals surface area (Å²) in [5.41, 5.74) is 0.733. The van der Waals surface area contributed by atoms with Crippen LogP contribution in [0, 0.1) is 0 Å². The Labute approximate surface area is 87.1 Å². The smallest absolute Gasteiger partial charge is 0.160 e. The van der Waals surface area contributed by atoms with Gasteiger partial charge in [0, 0.05) is 13.2 Å². The van der Waals surface area contributed by atoms with E-state index in [1.165, 1.54) is 6.33 Å². The lowest BCUT2D eigenvalue weighted by Gasteiger charge is -2.13. The van der Waals surface area contributed by atoms with Gasteiger partial charge >= 0.3 is 0 Å². The van der Waals surface area contributed by atoms with Crippen LogP contribution in [-0.4, -0.2) is 39.9 Å². The molecule has 0 aliphatic heterocycles. The molecule has 0 saturated carbocycles. The quantitative estimate of drug-likeness (QED) is 0.775. The number of anilines is 1. The van der Waals surface area contributed by atoms with Crippen molar-refractivity contribution in [3.63, 3.8) is 0 Å². The van der Waals surface area contributed by atoms with Gasteiger partial charge in [0.05, 0.1) is 18.2 Å². The van der Waals surface area contributed by atoms with Crippen molar-refractivity contribution in [1.82, 2.24) is 20.2 Å². The first-order chi connectivity index (χ1) is 7.31. The van der Waals surface area contributed by atoms with Crippen LogP contribution in [0.3, 0.4) is 0 Å². The average Bonchev–Trinajstić information content (AvgIpc) is 2.67. The summed E-state index contributed by atoms with van der Waals surface area (Å²) >= 11 is 0. The molecule has 0 bridgehead atoms. The molecule has 1 atom stereocenters. The van der Waals surface area contributed by atoms with Gasteiger partial charge in [-0.25, -0.2) is 9.97 Å². The predicted octanol–water partition coefficient (Wildman–Crippen LogP) is 0.800. The van der Waals surface area contributed by atoms with Crippen molar-refractivity contribution < 1.29 is 4.74 Å². The number of methoxy groups -OCH3 is 1. The summed E-state index contributed by atoms with van der Waals surface area (Å²) in [5, 5.41) is 10.8. The van der Waals surface area contributed by atoms with E-state index in [0.717, 1.165) is 16.9 Å². The van der Waals surface area contributed by atoms with Crippen molar-refractivity contribution in [3.05, 3.63) is 12.5 Å². The molecule has 0 amide bonds. The molecule has 0 spiro atoms. The normalized spacial score (nSPS) is 12.9. The molecule has 0 aliphatic rings. The van der Waals surface area contributed by atoms with Gasteiger partial charge in [0.1, 0.15) is 12.1 Å². The minimum Gasteiger partial charge on any atom is -0.383 e. The van der Waals surface area contributed by atoms with Crippen LogP contribution in [0.2, 0.25) is 0 Å². The monoisotopic (exact) mass is 207 g/mol. The molecule has 2 N–H and O–H groups in total. The van der Waals surface area contributed by atoms with Crippen molar-refractivity contribution in [1.29, 1.82) is 0 Å². The number of ether oxygens (including phenoxy) is 1. The molecule has 0 saturated heterocycles. The third-order valence-electron chi connectivity index (χ3n) is 2.05. The summed E-state index contributed by atoms with van der Waals surface area (Å²) in [6, 6.07) is 0.197. The Morgan fingerprint density at radius 3 is 3.20 bits per heavy atom. The molecular weight excluding hydrogens is 194 g/mol. The summed E-state index contributed by atoms with van der Waals surface area (Å²) in [5.74, 6) is 0.776. The second-order valence-electron chi connectivity index (χ2n) is 3.36. The van der Waals surface area contributed by atoms with Gasteiger partial charge in [0.15, 0.2) is 5.65 Å². The van der Waals surface area contributed by atoms with E-state index in [1.807, 2.05) is 6.92 Å². The highest BCUT2D eigenvalue weighted by atomic mass is 16.5. The molecule has 6 heteroatoms. The molecule has 2 aromatic rings. The zero-order valence-corrected chi connectivity index (χ0v) is 8.69. The van der Waals surface area contributed by atoms with Crippen LogP contribution >= 0.6 is 0 Å². The third-order valence-corrected chi connectivity index (χ3v) is 2.05. The fourth-order valence-electron chi connectivity index (χ4n) is 1.40. The number of hydrogen-bond donors (Lipinski definition) is 2. The Morgan fingerprint density at radius 2 is 2.40 bits per heavy atom. The first-order valence-electron chi connectivity index (χ1n) is 4.71. The van der Waals surface area contributed by atoms with Crippen molar-refractivity contribution in [2.75, 3.05) is 19.0 Å². The minimum atomic E-state index is 0.197. The van der Waals surface area contributed by atoms with Crippen LogP contribution in [0.25, 0.3) is 11.0 Å². The largest absolute Gasteiger partial charge is 0.383 e. The van der Waals surface area contributed by atoms with Crippen LogP contribution in [0.5, 0.6) is 0 Å². The van der Waals surface area contributed by atoms with E-state index < -0.39 is 0 Å². The molecule has 6 nitrogen and oxygen atoms in total. The maximum absolute atomic E-state index is 5.04. The van der Waals surface area contributed by atoms with Gasteiger partial charge in [-0.1, -0.05) is 0 Å². The molecule has 80 valence electrons. The Hall–Kier alpha value is -1.69. The fourth-order valence-corrected chi connectivity index (χ4v) is 1.40. The number of aromatic nitrogens is 4. The van der Waals surface area contributed by atoms with Gasteiger partial charge in [-0.05, 0) is 6.92 Å². The summed E-state index contributed by atoms with van der Waals surface area (Å²) in [6.07, 6.45) is 3.21. The number of hydrogen-bond acceptors (Lipinski definition) is 5. The molecule has 2 rings (SSSR count). The van der Waals surface area contributed by atoms with Gasteiger partial charge in [-0.2, -0.15) is 5.10 Å². The van der Waals surface area contributed by atoms with Crippen molar-refractivity contribution in [2.45, 2.75) is 13.0 Å². The van der Waals surface area contributed by atoms with E-state index >= 15 is 0 Å². The minimum absolute atomic E-state index is 0.197. The van der Waals surface area contributed by atoms with E-state index in [9.17, 15) is 0 Å². The van der Waals surface area contributed by atoms with Crippen LogP contribution in [0.15, 0.2) is 12.5 Å². The zero-order chi connectivity index (χ0) is 10.7. The molecule has 2 aromatic heterocycles. The molecule has 2 heterocycles. The Morgan fingerprint density at radius 1 is 1.53 bits per heavy atom. The summed E-state index contributed by atoms with van der Waals surface area (Å²) in [7, 11) is 1.67. The van der Waals surface area contributed by atoms with E-state index in [4.69, 9.17) is 4.74 Å². The van der Waals surface area contributed by atoms with Crippen LogP contribution in [0.1, 0.15) is 6.92 Å². The maximum Gasteiger partial charge on any atom is 0.160 e. The second-order valence-corrected chi connectivity index (χ2v) is 3.36. The lowest BCUT2D eigenvalue weighted by Crippen LogP contribution is -2.21. The Bertz CT molecular complexity index is 441. The third kappa shape index (κ3) is 2.04. The lowest BCUT2D eigenvalue weighted by molar-refractivity contribution is 0.190. The van der Waals surface area contributed by atoms with Crippen molar-refractivity contribution in [3.8, 4) is 0 Å². The highest BCUT2D eigenvalue weighted by molar-refractivity contribution is 5.85. The van der Waals surface area contributed by atoms with Crippen molar-refractivity contribution in [2.24, 2.45) is 0 Å². The fraction of sp³-hybridized carbons (Fsp3) is 0.444. The number of nitrogens with zero attached hydrogens (tertiary/aromatic N) is 3. The molecule has 15 heavy (non-hydrogen) atoms. The number of fused-ring (bicyclic) bond motifs is 1. The van der Waals surface area contributed by atoms with Crippen LogP contribution in [-0.2, 0) is 4.74 Å². The number of aromatic amines is 1. The summed E-state index contributed by atoms with van der Waals surface area (Å²) in [6.45, 7) is 2.65. The molecule has 0 aromatic carbocycles. The molecular formula is C9H13N5O. The van der Waals surface area contributed by atoms with Gasteiger partial charge in [-0.3, -0.25) is 5.10 Å². The molecule has 0 fully saturated rings. The molecule has 0 aliphatic carbocycles. The summed E-state index contributed by atoms with van der Waals surface area (Å²) < 4.78 is 5.04. The molecule has 0 radical (unpaired) electrons. The first-order valence-corrected chi connectivity index (χ1v) is 4.71. The first kappa shape index (κ1) is 9.85. The van der Waals surface area contributed by atoms with Crippen LogP contribution in [0.4, 0.5) is 5.82 Å². The SMILES string of the molecule is COC[C@@H](C)Nc1ncnc2[nH]ncc12. The highest BCUT2D eigenvalue weighted by Crippen LogP contribution is 2.16. The van der Waals surface area contributed by atoms with E-state index in [0.29, 0.717) is 6.61 Å². The standard InChI is InChI=1S/C9H13N5O/c1-6(4-15-2)13-8-7-3-12-14-9(7)11-5-10-8/h3,5-6H,4H2,1-2H3,(H2,10,11,12,13,14)/t6-/m1/s1. The topological polar surface area (TPSA) is 75.7 Å². The lowest BCUT2D eigenvalue weighted by atomic mass is 10.3. The van der Waals surface area contributed by atoms with Crippen molar-refractivity contribution >= 4 is 16.9 Å². The molecule has 0 unspecified atom stereocenters. The van der Waals surface area contributed by atoms with Gasteiger partial charge in [0.25, 0.3) is 0 Å². The number of rotatable bonds is 4. The number of H-pyrrole nitrogens is 1. The van der Waals surface area contributed by atoms with Crippen LogP contribution < -0.4 is 5.32 Å². The number of nitrogens with one attached hydrogen (secondary N) is 2. The predicted molar refractivity (Wildman–Crippen MR) is 56.6 cm³/mol. The summed E-state index contributed by atoms with van der Waals surface area (Å²) in [4.78, 5) is 8.22. The average molecular weight is 207 g/mol. The maximum atomic E-state index is 5.04.